The third-order valence-corrected chi connectivity index (χ3v) is 7.88. The molecule has 1 rings (SSSR count). The molecule has 1 heterocycles. The zero-order valence-electron chi connectivity index (χ0n) is 24.9. The van der Waals surface area contributed by atoms with Gasteiger partial charge in [0.15, 0.2) is 0 Å². The molecule has 0 fully saturated rings. The summed E-state index contributed by atoms with van der Waals surface area (Å²) in [4.78, 5) is 34.9. The Bertz CT molecular complexity index is 905. The number of aromatic nitrogens is 2. The summed E-state index contributed by atoms with van der Waals surface area (Å²) in [6, 6.07) is 1.16. The highest BCUT2D eigenvalue weighted by molar-refractivity contribution is 7.52. The van der Waals surface area contributed by atoms with Crippen molar-refractivity contribution in [1.82, 2.24) is 9.55 Å². The quantitative estimate of drug-likeness (QED) is 0.0889. The summed E-state index contributed by atoms with van der Waals surface area (Å²) < 4.78 is 29.1. The highest BCUT2D eigenvalue weighted by atomic mass is 31.2. The second-order valence-corrected chi connectivity index (χ2v) is 12.9. The number of H-pyrrole nitrogens is 1. The van der Waals surface area contributed by atoms with E-state index >= 15 is 0 Å². The minimum absolute atomic E-state index is 0.0432. The Balaban J connectivity index is 1.92. The number of nitrogens with zero attached hydrogens (tertiary/aromatic N) is 1. The standard InChI is InChI=1S/C29H55N2O8P/c1-26(2)17-15-13-11-9-7-5-3-4-6-8-10-12-14-16-20-37-21-22-39-40(35,36)25-38-27(24-32)23-31-19-18-28(33)30-29(31)34/h18-19,26-27,32H,3-17,20-25H2,1-2H3,(H,35,36)(H,30,33,34). The predicted molar refractivity (Wildman–Crippen MR) is 159 cm³/mol. The Kier molecular flexibility index (Phi) is 21.4. The molecule has 0 saturated carbocycles. The van der Waals surface area contributed by atoms with Crippen LogP contribution in [0, 0.1) is 5.92 Å². The second kappa shape index (κ2) is 23.3. The first-order valence-corrected chi connectivity index (χ1v) is 17.1. The first kappa shape index (κ1) is 36.7. The van der Waals surface area contributed by atoms with E-state index in [0.29, 0.717) is 6.61 Å². The van der Waals surface area contributed by atoms with Crippen LogP contribution in [0.4, 0.5) is 0 Å². The van der Waals surface area contributed by atoms with Gasteiger partial charge >= 0.3 is 13.3 Å². The number of unbranched alkanes of at least 4 members (excludes halogenated alkanes) is 13. The molecule has 1 aromatic heterocycles. The molecule has 0 aromatic carbocycles. The van der Waals surface area contributed by atoms with Crippen LogP contribution in [-0.4, -0.2) is 58.4 Å². The minimum Gasteiger partial charge on any atom is -0.394 e. The fourth-order valence-electron chi connectivity index (χ4n) is 4.43. The molecule has 3 N–H and O–H groups in total. The monoisotopic (exact) mass is 590 g/mol. The van der Waals surface area contributed by atoms with E-state index in [1.54, 1.807) is 0 Å². The average molecular weight is 591 g/mol. The van der Waals surface area contributed by atoms with Crippen LogP contribution in [-0.2, 0) is 25.1 Å². The molecule has 0 aliphatic carbocycles. The van der Waals surface area contributed by atoms with Crippen molar-refractivity contribution in [1.29, 1.82) is 0 Å². The summed E-state index contributed by atoms with van der Waals surface area (Å²) in [7, 11) is -4.04. The fourth-order valence-corrected chi connectivity index (χ4v) is 5.26. The number of rotatable bonds is 27. The lowest BCUT2D eigenvalue weighted by Gasteiger charge is -2.19. The van der Waals surface area contributed by atoms with Crippen molar-refractivity contribution in [3.05, 3.63) is 33.1 Å². The zero-order valence-corrected chi connectivity index (χ0v) is 25.8. The van der Waals surface area contributed by atoms with E-state index in [4.69, 9.17) is 14.0 Å². The van der Waals surface area contributed by atoms with Gasteiger partial charge in [-0.05, 0) is 12.3 Å². The first-order valence-electron chi connectivity index (χ1n) is 15.3. The van der Waals surface area contributed by atoms with Gasteiger partial charge in [-0.1, -0.05) is 104 Å². The molecule has 0 amide bonds. The predicted octanol–water partition coefficient (Wildman–Crippen LogP) is 5.60. The third-order valence-electron chi connectivity index (χ3n) is 6.82. The Morgan fingerprint density at radius 3 is 1.93 bits per heavy atom. The molecule has 2 unspecified atom stereocenters. The van der Waals surface area contributed by atoms with Gasteiger partial charge in [-0.25, -0.2) is 4.79 Å². The minimum atomic E-state index is -4.04. The van der Waals surface area contributed by atoms with Crippen molar-refractivity contribution in [2.75, 3.05) is 32.8 Å². The van der Waals surface area contributed by atoms with Gasteiger partial charge in [0.25, 0.3) is 5.56 Å². The SMILES string of the molecule is CC(C)CCCCCCCCCCCCCCCCOCCOP(=O)(O)COC(CO)Cn1ccc(=O)[nH]c1=O. The zero-order chi connectivity index (χ0) is 29.5. The van der Waals surface area contributed by atoms with Gasteiger partial charge in [-0.2, -0.15) is 0 Å². The second-order valence-electron chi connectivity index (χ2n) is 11.1. The summed E-state index contributed by atoms with van der Waals surface area (Å²) >= 11 is 0. The number of hydrogen-bond acceptors (Lipinski definition) is 7. The Morgan fingerprint density at radius 1 is 0.850 bits per heavy atom. The van der Waals surface area contributed by atoms with Crippen LogP contribution >= 0.6 is 7.60 Å². The van der Waals surface area contributed by atoms with E-state index < -0.39 is 37.9 Å². The number of aromatic amines is 1. The number of hydrogen-bond donors (Lipinski definition) is 3. The van der Waals surface area contributed by atoms with Crippen molar-refractivity contribution in [3.8, 4) is 0 Å². The van der Waals surface area contributed by atoms with Crippen LogP contribution < -0.4 is 11.2 Å². The molecule has 10 nitrogen and oxygen atoms in total. The summed E-state index contributed by atoms with van der Waals surface area (Å²) in [5.74, 6) is 0.843. The smallest absolute Gasteiger partial charge is 0.353 e. The molecule has 11 heteroatoms. The highest BCUT2D eigenvalue weighted by Crippen LogP contribution is 2.41. The van der Waals surface area contributed by atoms with E-state index in [1.807, 2.05) is 0 Å². The van der Waals surface area contributed by atoms with Gasteiger partial charge in [-0.15, -0.1) is 0 Å². The maximum Gasteiger partial charge on any atom is 0.353 e. The van der Waals surface area contributed by atoms with E-state index in [1.165, 1.54) is 89.7 Å². The number of ether oxygens (including phenoxy) is 2. The van der Waals surface area contributed by atoms with E-state index in [9.17, 15) is 24.2 Å². The van der Waals surface area contributed by atoms with Crippen LogP contribution in [0.15, 0.2) is 21.9 Å². The number of aliphatic hydroxyl groups excluding tert-OH is 1. The van der Waals surface area contributed by atoms with E-state index in [2.05, 4.69) is 18.8 Å². The maximum absolute atomic E-state index is 12.2. The Morgan fingerprint density at radius 2 is 1.40 bits per heavy atom. The molecule has 40 heavy (non-hydrogen) atoms. The van der Waals surface area contributed by atoms with Gasteiger partial charge in [-0.3, -0.25) is 18.9 Å². The van der Waals surface area contributed by atoms with Gasteiger partial charge < -0.3 is 24.0 Å². The fraction of sp³-hybridized carbons (Fsp3) is 0.862. The molecule has 0 spiro atoms. The van der Waals surface area contributed by atoms with Crippen LogP contribution in [0.25, 0.3) is 0 Å². The van der Waals surface area contributed by atoms with Crippen molar-refractivity contribution in [2.24, 2.45) is 5.92 Å². The molecule has 0 radical (unpaired) electrons. The average Bonchev–Trinajstić information content (AvgIpc) is 2.90. The van der Waals surface area contributed by atoms with E-state index in [0.717, 1.165) is 29.4 Å². The lowest BCUT2D eigenvalue weighted by molar-refractivity contribution is 0.0147. The summed E-state index contributed by atoms with van der Waals surface area (Å²) in [5, 5.41) is 9.44. The van der Waals surface area contributed by atoms with Crippen molar-refractivity contribution in [3.63, 3.8) is 0 Å². The van der Waals surface area contributed by atoms with Gasteiger partial charge in [0, 0.05) is 18.9 Å². The normalized spacial score (nSPS) is 14.0. The van der Waals surface area contributed by atoms with Crippen molar-refractivity contribution < 1.29 is 28.6 Å². The molecule has 0 saturated heterocycles. The van der Waals surface area contributed by atoms with Gasteiger partial charge in [0.1, 0.15) is 6.35 Å². The molecule has 0 aliphatic heterocycles. The lowest BCUT2D eigenvalue weighted by Crippen LogP contribution is -2.34. The highest BCUT2D eigenvalue weighted by Gasteiger charge is 2.22. The lowest BCUT2D eigenvalue weighted by atomic mass is 10.0. The Labute approximate surface area is 240 Å². The molecular weight excluding hydrogens is 535 g/mol. The molecule has 1 aromatic rings. The molecule has 234 valence electrons. The van der Waals surface area contributed by atoms with Crippen molar-refractivity contribution >= 4 is 7.60 Å². The Hall–Kier alpha value is -1.29. The number of aliphatic hydroxyl groups is 1. The maximum atomic E-state index is 12.2. The summed E-state index contributed by atoms with van der Waals surface area (Å²) in [6.07, 6.45) is 19.4. The van der Waals surface area contributed by atoms with Crippen LogP contribution in [0.1, 0.15) is 110 Å². The third kappa shape index (κ3) is 20.6. The molecule has 0 aliphatic rings. The van der Waals surface area contributed by atoms with Gasteiger partial charge in [0.2, 0.25) is 0 Å². The largest absolute Gasteiger partial charge is 0.394 e. The van der Waals surface area contributed by atoms with Crippen molar-refractivity contribution in [2.45, 2.75) is 123 Å². The summed E-state index contributed by atoms with van der Waals surface area (Å²) in [5.41, 5.74) is -1.20. The van der Waals surface area contributed by atoms with E-state index in [-0.39, 0.29) is 19.8 Å². The van der Waals surface area contributed by atoms with Gasteiger partial charge in [0.05, 0.1) is 32.5 Å². The van der Waals surface area contributed by atoms with Crippen LogP contribution in [0.2, 0.25) is 0 Å². The number of nitrogens with one attached hydrogen (secondary N) is 1. The molecule has 2 atom stereocenters. The molecule has 0 bridgehead atoms. The van der Waals surface area contributed by atoms with Crippen LogP contribution in [0.3, 0.4) is 0 Å². The summed E-state index contributed by atoms with van der Waals surface area (Å²) in [6.45, 7) is 4.80. The molecular formula is C29H55N2O8P. The van der Waals surface area contributed by atoms with Crippen LogP contribution in [0.5, 0.6) is 0 Å². The first-order chi connectivity index (χ1) is 19.2. The topological polar surface area (TPSA) is 140 Å².